The number of hydrogen-bond acceptors (Lipinski definition) is 3. The maximum Gasteiger partial charge on any atom is 0.0741 e. The van der Waals surface area contributed by atoms with Crippen molar-refractivity contribution in [2.75, 3.05) is 19.8 Å². The lowest BCUT2D eigenvalue weighted by Gasteiger charge is -2.38. The van der Waals surface area contributed by atoms with E-state index in [9.17, 15) is 0 Å². The summed E-state index contributed by atoms with van der Waals surface area (Å²) in [6.07, 6.45) is 3.21. The Kier molecular flexibility index (Phi) is 4.16. The van der Waals surface area contributed by atoms with Gasteiger partial charge in [-0.1, -0.05) is 0 Å². The van der Waals surface area contributed by atoms with E-state index in [-0.39, 0.29) is 11.7 Å². The summed E-state index contributed by atoms with van der Waals surface area (Å²) in [5.74, 6) is 0. The van der Waals surface area contributed by atoms with Gasteiger partial charge in [-0.05, 0) is 39.7 Å². The predicted molar refractivity (Wildman–Crippen MR) is 52.7 cm³/mol. The number of rotatable bonds is 4. The molecule has 1 aliphatic heterocycles. The van der Waals surface area contributed by atoms with Gasteiger partial charge >= 0.3 is 0 Å². The third-order valence-corrected chi connectivity index (χ3v) is 2.49. The van der Waals surface area contributed by atoms with Gasteiger partial charge < -0.3 is 15.2 Å². The van der Waals surface area contributed by atoms with Crippen LogP contribution in [0.5, 0.6) is 0 Å². The minimum atomic E-state index is 0.00116. The second kappa shape index (κ2) is 4.94. The van der Waals surface area contributed by atoms with Crippen LogP contribution in [-0.4, -0.2) is 31.5 Å². The van der Waals surface area contributed by atoms with Gasteiger partial charge in [-0.2, -0.15) is 0 Å². The third kappa shape index (κ3) is 3.25. The molecule has 0 aromatic rings. The smallest absolute Gasteiger partial charge is 0.0741 e. The Morgan fingerprint density at radius 2 is 2.00 bits per heavy atom. The van der Waals surface area contributed by atoms with Crippen molar-refractivity contribution in [3.63, 3.8) is 0 Å². The van der Waals surface area contributed by atoms with Gasteiger partial charge in [-0.15, -0.1) is 0 Å². The van der Waals surface area contributed by atoms with Gasteiger partial charge in [0.25, 0.3) is 0 Å². The average molecular weight is 187 g/mol. The fraction of sp³-hybridized carbons (Fsp3) is 1.00. The van der Waals surface area contributed by atoms with Gasteiger partial charge in [-0.25, -0.2) is 0 Å². The van der Waals surface area contributed by atoms with Gasteiger partial charge in [-0.3, -0.25) is 0 Å². The monoisotopic (exact) mass is 187 g/mol. The highest BCUT2D eigenvalue weighted by atomic mass is 16.5. The molecule has 0 aliphatic carbocycles. The Hall–Kier alpha value is -0.120. The third-order valence-electron chi connectivity index (χ3n) is 2.49. The van der Waals surface area contributed by atoms with Crippen LogP contribution in [-0.2, 0) is 9.47 Å². The van der Waals surface area contributed by atoms with E-state index in [1.165, 1.54) is 0 Å². The van der Waals surface area contributed by atoms with Crippen molar-refractivity contribution in [1.82, 2.24) is 0 Å². The highest BCUT2D eigenvalue weighted by Crippen LogP contribution is 2.29. The molecule has 0 saturated carbocycles. The van der Waals surface area contributed by atoms with Crippen molar-refractivity contribution in [3.05, 3.63) is 0 Å². The Morgan fingerprint density at radius 1 is 1.38 bits per heavy atom. The molecule has 0 spiro atoms. The zero-order valence-electron chi connectivity index (χ0n) is 8.71. The molecule has 0 aromatic carbocycles. The fourth-order valence-corrected chi connectivity index (χ4v) is 1.93. The van der Waals surface area contributed by atoms with Crippen molar-refractivity contribution in [1.29, 1.82) is 0 Å². The van der Waals surface area contributed by atoms with Crippen LogP contribution in [0.4, 0.5) is 0 Å². The summed E-state index contributed by atoms with van der Waals surface area (Å²) in [5, 5.41) is 0. The topological polar surface area (TPSA) is 44.5 Å². The van der Waals surface area contributed by atoms with Gasteiger partial charge in [0, 0.05) is 13.2 Å². The molecule has 78 valence electrons. The lowest BCUT2D eigenvalue weighted by molar-refractivity contribution is -0.136. The zero-order valence-corrected chi connectivity index (χ0v) is 8.71. The van der Waals surface area contributed by atoms with Crippen molar-refractivity contribution < 1.29 is 9.47 Å². The molecular weight excluding hydrogens is 166 g/mol. The van der Waals surface area contributed by atoms with E-state index < -0.39 is 0 Å². The van der Waals surface area contributed by atoms with E-state index in [1.807, 2.05) is 0 Å². The van der Waals surface area contributed by atoms with Crippen molar-refractivity contribution in [2.45, 2.75) is 44.8 Å². The molecule has 3 heteroatoms. The van der Waals surface area contributed by atoms with Crippen LogP contribution in [0, 0.1) is 0 Å². The molecule has 0 amide bonds. The molecule has 1 fully saturated rings. The lowest BCUT2D eigenvalue weighted by atomic mass is 9.90. The molecule has 13 heavy (non-hydrogen) atoms. The quantitative estimate of drug-likeness (QED) is 0.721. The molecule has 1 saturated heterocycles. The first-order chi connectivity index (χ1) is 6.18. The van der Waals surface area contributed by atoms with E-state index in [2.05, 4.69) is 13.8 Å². The van der Waals surface area contributed by atoms with Crippen LogP contribution >= 0.6 is 0 Å². The first kappa shape index (κ1) is 11.0. The molecule has 0 aromatic heterocycles. The summed E-state index contributed by atoms with van der Waals surface area (Å²) in [5.41, 5.74) is 5.60. The molecule has 1 heterocycles. The number of nitrogens with two attached hydrogens (primary N) is 1. The number of hydrogen-bond donors (Lipinski definition) is 1. The molecular formula is C10H21NO2. The maximum absolute atomic E-state index is 5.96. The van der Waals surface area contributed by atoms with Crippen LogP contribution in [0.15, 0.2) is 0 Å². The van der Waals surface area contributed by atoms with Crippen molar-refractivity contribution in [3.8, 4) is 0 Å². The molecule has 1 aliphatic rings. The molecule has 0 radical (unpaired) electrons. The van der Waals surface area contributed by atoms with Gasteiger partial charge in [0.2, 0.25) is 0 Å². The molecule has 0 unspecified atom stereocenters. The summed E-state index contributed by atoms with van der Waals surface area (Å²) in [4.78, 5) is 0. The van der Waals surface area contributed by atoms with Crippen LogP contribution < -0.4 is 5.73 Å². The van der Waals surface area contributed by atoms with E-state index in [0.29, 0.717) is 6.54 Å². The summed E-state index contributed by atoms with van der Waals surface area (Å²) < 4.78 is 11.3. The van der Waals surface area contributed by atoms with Crippen molar-refractivity contribution in [2.24, 2.45) is 5.73 Å². The van der Waals surface area contributed by atoms with Crippen LogP contribution in [0.1, 0.15) is 33.1 Å². The Labute approximate surface area is 80.6 Å². The van der Waals surface area contributed by atoms with E-state index in [4.69, 9.17) is 15.2 Å². The van der Waals surface area contributed by atoms with Gasteiger partial charge in [0.1, 0.15) is 0 Å². The summed E-state index contributed by atoms with van der Waals surface area (Å²) in [6, 6.07) is 0. The minimum absolute atomic E-state index is 0.00116. The summed E-state index contributed by atoms with van der Waals surface area (Å²) in [7, 11) is 0. The van der Waals surface area contributed by atoms with E-state index in [0.717, 1.165) is 32.5 Å². The normalized spacial score (nSPS) is 22.2. The molecule has 0 atom stereocenters. The first-order valence-electron chi connectivity index (χ1n) is 5.14. The highest BCUT2D eigenvalue weighted by molar-refractivity contribution is 4.84. The molecule has 2 N–H and O–H groups in total. The van der Waals surface area contributed by atoms with E-state index >= 15 is 0 Å². The average Bonchev–Trinajstić information content (AvgIpc) is 2.04. The van der Waals surface area contributed by atoms with Crippen LogP contribution in [0.3, 0.4) is 0 Å². The first-order valence-corrected chi connectivity index (χ1v) is 5.14. The summed E-state index contributed by atoms with van der Waals surface area (Å²) in [6.45, 7) is 6.48. The Balaban J connectivity index is 2.50. The standard InChI is InChI=1S/C10H21NO2/c1-9(2)13-10(3-6-11)4-7-12-8-5-10/h9H,3-8,11H2,1-2H3. The maximum atomic E-state index is 5.96. The largest absolute Gasteiger partial charge is 0.381 e. The Bertz CT molecular complexity index is 136. The van der Waals surface area contributed by atoms with E-state index in [1.54, 1.807) is 0 Å². The fourth-order valence-electron chi connectivity index (χ4n) is 1.93. The predicted octanol–water partition coefficient (Wildman–Crippen LogP) is 1.31. The minimum Gasteiger partial charge on any atom is -0.381 e. The Morgan fingerprint density at radius 3 is 2.46 bits per heavy atom. The lowest BCUT2D eigenvalue weighted by Crippen LogP contribution is -2.42. The number of ether oxygens (including phenoxy) is 2. The molecule has 1 rings (SSSR count). The van der Waals surface area contributed by atoms with Crippen molar-refractivity contribution >= 4 is 0 Å². The molecule has 0 bridgehead atoms. The van der Waals surface area contributed by atoms with Gasteiger partial charge in [0.05, 0.1) is 11.7 Å². The van der Waals surface area contributed by atoms with Crippen LogP contribution in [0.25, 0.3) is 0 Å². The van der Waals surface area contributed by atoms with Gasteiger partial charge in [0.15, 0.2) is 0 Å². The summed E-state index contributed by atoms with van der Waals surface area (Å²) >= 11 is 0. The van der Waals surface area contributed by atoms with Crippen LogP contribution in [0.2, 0.25) is 0 Å². The molecule has 3 nitrogen and oxygen atoms in total. The highest BCUT2D eigenvalue weighted by Gasteiger charge is 2.33. The second-order valence-corrected chi connectivity index (χ2v) is 4.00. The SMILES string of the molecule is CC(C)OC1(CCN)CCOCC1. The second-order valence-electron chi connectivity index (χ2n) is 4.00. The zero-order chi connectivity index (χ0) is 9.73.